The van der Waals surface area contributed by atoms with E-state index in [0.29, 0.717) is 6.54 Å². The van der Waals surface area contributed by atoms with Gasteiger partial charge in [-0.2, -0.15) is 0 Å². The Labute approximate surface area is 115 Å². The Kier molecular flexibility index (Phi) is 7.10. The molecule has 0 radical (unpaired) electrons. The lowest BCUT2D eigenvalue weighted by Crippen LogP contribution is -2.32. The number of rotatable bonds is 9. The van der Waals surface area contributed by atoms with E-state index in [1.165, 1.54) is 0 Å². The summed E-state index contributed by atoms with van der Waals surface area (Å²) in [4.78, 5) is 11.9. The third-order valence-electron chi connectivity index (χ3n) is 2.90. The molecule has 0 bridgehead atoms. The van der Waals surface area contributed by atoms with Crippen LogP contribution in [0.2, 0.25) is 0 Å². The molecule has 0 aliphatic rings. The predicted octanol–water partition coefficient (Wildman–Crippen LogP) is 1.25. The van der Waals surface area contributed by atoms with E-state index in [4.69, 9.17) is 0 Å². The van der Waals surface area contributed by atoms with Crippen LogP contribution in [-0.2, 0) is 11.3 Å². The molecule has 0 spiro atoms. The van der Waals surface area contributed by atoms with Gasteiger partial charge in [0, 0.05) is 13.1 Å². The van der Waals surface area contributed by atoms with Gasteiger partial charge in [0.15, 0.2) is 0 Å². The zero-order chi connectivity index (χ0) is 14.1. The molecule has 0 saturated heterocycles. The molecule has 1 aromatic rings. The second-order valence-electron chi connectivity index (χ2n) is 4.69. The number of hydrogen-bond donors (Lipinski definition) is 2. The van der Waals surface area contributed by atoms with Gasteiger partial charge in [-0.3, -0.25) is 4.79 Å². The zero-order valence-corrected chi connectivity index (χ0v) is 12.1. The number of nitrogens with one attached hydrogen (secondary N) is 2. The molecule has 1 amide bonds. The van der Waals surface area contributed by atoms with E-state index >= 15 is 0 Å². The van der Waals surface area contributed by atoms with E-state index in [9.17, 15) is 4.79 Å². The molecule has 0 aliphatic heterocycles. The predicted molar refractivity (Wildman–Crippen MR) is 74.6 cm³/mol. The number of carbonyl (C=O) groups excluding carboxylic acids is 1. The number of aromatic nitrogens is 3. The van der Waals surface area contributed by atoms with Crippen LogP contribution in [0.5, 0.6) is 0 Å². The number of amides is 1. The van der Waals surface area contributed by atoms with Gasteiger partial charge < -0.3 is 10.6 Å². The minimum Gasteiger partial charge on any atom is -0.354 e. The summed E-state index contributed by atoms with van der Waals surface area (Å²) >= 11 is 0. The van der Waals surface area contributed by atoms with Crippen molar-refractivity contribution in [2.24, 2.45) is 0 Å². The molecule has 1 rings (SSSR count). The van der Waals surface area contributed by atoms with E-state index in [0.717, 1.165) is 38.0 Å². The fourth-order valence-corrected chi connectivity index (χ4v) is 1.63. The van der Waals surface area contributed by atoms with E-state index in [1.54, 1.807) is 4.68 Å². The van der Waals surface area contributed by atoms with Gasteiger partial charge in [0.25, 0.3) is 0 Å². The number of unbranched alkanes of at least 4 members (excludes halogenated alkanes) is 1. The third-order valence-corrected chi connectivity index (χ3v) is 2.90. The standard InChI is InChI=1S/C13H25N5O/c1-4-6-8-15-13(19)11(3)18-10-12(16-17-18)9-14-7-5-2/h10-11,14H,4-9H2,1-3H3,(H,15,19). The molecule has 2 N–H and O–H groups in total. The summed E-state index contributed by atoms with van der Waals surface area (Å²) in [6.07, 6.45) is 4.99. The molecule has 0 saturated carbocycles. The van der Waals surface area contributed by atoms with Gasteiger partial charge >= 0.3 is 0 Å². The van der Waals surface area contributed by atoms with Crippen LogP contribution in [0.4, 0.5) is 0 Å². The van der Waals surface area contributed by atoms with Crippen molar-refractivity contribution >= 4 is 5.91 Å². The Hall–Kier alpha value is -1.43. The van der Waals surface area contributed by atoms with Crippen LogP contribution < -0.4 is 10.6 Å². The maximum Gasteiger partial charge on any atom is 0.244 e. The first-order chi connectivity index (χ1) is 9.19. The Morgan fingerprint density at radius 2 is 2.16 bits per heavy atom. The molecule has 0 fully saturated rings. The molecule has 0 aromatic carbocycles. The van der Waals surface area contributed by atoms with Crippen molar-refractivity contribution in [2.75, 3.05) is 13.1 Å². The van der Waals surface area contributed by atoms with Crippen molar-refractivity contribution in [3.8, 4) is 0 Å². The smallest absolute Gasteiger partial charge is 0.244 e. The van der Waals surface area contributed by atoms with Crippen LogP contribution in [0, 0.1) is 0 Å². The lowest BCUT2D eigenvalue weighted by atomic mass is 10.3. The van der Waals surface area contributed by atoms with E-state index in [-0.39, 0.29) is 11.9 Å². The Balaban J connectivity index is 2.43. The van der Waals surface area contributed by atoms with E-state index in [2.05, 4.69) is 34.8 Å². The summed E-state index contributed by atoms with van der Waals surface area (Å²) in [5, 5.41) is 14.2. The maximum atomic E-state index is 11.9. The van der Waals surface area contributed by atoms with Crippen molar-refractivity contribution in [1.82, 2.24) is 25.6 Å². The summed E-state index contributed by atoms with van der Waals surface area (Å²) in [7, 11) is 0. The van der Waals surface area contributed by atoms with Crippen molar-refractivity contribution < 1.29 is 4.79 Å². The largest absolute Gasteiger partial charge is 0.354 e. The first-order valence-electron chi connectivity index (χ1n) is 7.08. The van der Waals surface area contributed by atoms with E-state index in [1.807, 2.05) is 13.1 Å². The Bertz CT molecular complexity index is 377. The molecular weight excluding hydrogens is 242 g/mol. The zero-order valence-electron chi connectivity index (χ0n) is 12.1. The van der Waals surface area contributed by atoms with Crippen LogP contribution in [0.15, 0.2) is 6.20 Å². The molecule has 1 atom stereocenters. The molecule has 108 valence electrons. The molecule has 0 aliphatic carbocycles. The van der Waals surface area contributed by atoms with Crippen LogP contribution in [-0.4, -0.2) is 34.0 Å². The SMILES string of the molecule is CCCCNC(=O)C(C)n1cc(CNCCC)nn1. The Morgan fingerprint density at radius 3 is 2.84 bits per heavy atom. The summed E-state index contributed by atoms with van der Waals surface area (Å²) in [5.41, 5.74) is 0.863. The van der Waals surface area contributed by atoms with Crippen LogP contribution in [0.1, 0.15) is 51.8 Å². The minimum absolute atomic E-state index is 0.00795. The number of nitrogens with zero attached hydrogens (tertiary/aromatic N) is 3. The molecule has 1 heterocycles. The van der Waals surface area contributed by atoms with Crippen LogP contribution in [0.25, 0.3) is 0 Å². The minimum atomic E-state index is -0.315. The second-order valence-corrected chi connectivity index (χ2v) is 4.69. The Morgan fingerprint density at radius 1 is 1.37 bits per heavy atom. The summed E-state index contributed by atoms with van der Waals surface area (Å²) < 4.78 is 1.62. The summed E-state index contributed by atoms with van der Waals surface area (Å²) in [6, 6.07) is -0.315. The number of carbonyl (C=O) groups is 1. The highest BCUT2D eigenvalue weighted by Gasteiger charge is 2.15. The summed E-state index contributed by atoms with van der Waals surface area (Å²) in [5.74, 6) is -0.00795. The van der Waals surface area contributed by atoms with Gasteiger partial charge in [-0.05, 0) is 26.3 Å². The lowest BCUT2D eigenvalue weighted by Gasteiger charge is -2.11. The maximum absolute atomic E-state index is 11.9. The first kappa shape index (κ1) is 15.6. The first-order valence-corrected chi connectivity index (χ1v) is 7.08. The van der Waals surface area contributed by atoms with E-state index < -0.39 is 0 Å². The highest BCUT2D eigenvalue weighted by atomic mass is 16.2. The average Bonchev–Trinajstić information content (AvgIpc) is 2.87. The fourth-order valence-electron chi connectivity index (χ4n) is 1.63. The quantitative estimate of drug-likeness (QED) is 0.661. The topological polar surface area (TPSA) is 71.8 Å². The van der Waals surface area contributed by atoms with Crippen molar-refractivity contribution in [1.29, 1.82) is 0 Å². The van der Waals surface area contributed by atoms with Crippen LogP contribution in [0.3, 0.4) is 0 Å². The van der Waals surface area contributed by atoms with Crippen LogP contribution >= 0.6 is 0 Å². The number of hydrogen-bond acceptors (Lipinski definition) is 4. The van der Waals surface area contributed by atoms with Crippen molar-refractivity contribution in [2.45, 2.75) is 52.6 Å². The highest BCUT2D eigenvalue weighted by Crippen LogP contribution is 2.04. The highest BCUT2D eigenvalue weighted by molar-refractivity contribution is 5.79. The van der Waals surface area contributed by atoms with Gasteiger partial charge in [0.2, 0.25) is 5.91 Å². The molecule has 1 aromatic heterocycles. The average molecular weight is 267 g/mol. The molecule has 6 heteroatoms. The van der Waals surface area contributed by atoms with Gasteiger partial charge in [-0.1, -0.05) is 25.5 Å². The monoisotopic (exact) mass is 267 g/mol. The molecule has 19 heavy (non-hydrogen) atoms. The molecule has 6 nitrogen and oxygen atoms in total. The van der Waals surface area contributed by atoms with Gasteiger partial charge in [-0.15, -0.1) is 5.10 Å². The van der Waals surface area contributed by atoms with Gasteiger partial charge in [-0.25, -0.2) is 4.68 Å². The van der Waals surface area contributed by atoms with Gasteiger partial charge in [0.05, 0.1) is 11.9 Å². The normalized spacial score (nSPS) is 12.4. The molecular formula is C13H25N5O. The fraction of sp³-hybridized carbons (Fsp3) is 0.769. The van der Waals surface area contributed by atoms with Crippen molar-refractivity contribution in [3.05, 3.63) is 11.9 Å². The lowest BCUT2D eigenvalue weighted by molar-refractivity contribution is -0.124. The van der Waals surface area contributed by atoms with Gasteiger partial charge in [0.1, 0.15) is 6.04 Å². The summed E-state index contributed by atoms with van der Waals surface area (Å²) in [6.45, 7) is 8.42. The third kappa shape index (κ3) is 5.38. The molecule has 1 unspecified atom stereocenters. The second kappa shape index (κ2) is 8.63. The van der Waals surface area contributed by atoms with Crippen molar-refractivity contribution in [3.63, 3.8) is 0 Å².